The molecule has 0 atom stereocenters. The highest BCUT2D eigenvalue weighted by molar-refractivity contribution is 5.98. The molecule has 2 heterocycles. The molecule has 0 radical (unpaired) electrons. The maximum Gasteiger partial charge on any atom is 0.253 e. The van der Waals surface area contributed by atoms with E-state index in [2.05, 4.69) is 52.3 Å². The summed E-state index contributed by atoms with van der Waals surface area (Å²) in [6, 6.07) is 9.07. The van der Waals surface area contributed by atoms with Gasteiger partial charge in [0.2, 0.25) is 0 Å². The quantitative estimate of drug-likeness (QED) is 0.464. The molecule has 38 heavy (non-hydrogen) atoms. The molecule has 0 bridgehead atoms. The highest BCUT2D eigenvalue weighted by Crippen LogP contribution is 2.35. The molecule has 0 saturated heterocycles. The summed E-state index contributed by atoms with van der Waals surface area (Å²) in [7, 11) is 6.23. The van der Waals surface area contributed by atoms with E-state index >= 15 is 0 Å². The standard InChI is InChI=1S/C30H42N6O2/c1-8-36(24-11-9-23(10-12-24)34(5)6)28-17-22(27-13-14-35(7)33-27)16-25(21(28)4)29(37)31-18-26-19(2)15-20(3)32-30(26)38/h13-17,23-24H,8-12,18H2,1-7H3,(H,31,37)(H,32,38). The van der Waals surface area contributed by atoms with Crippen molar-refractivity contribution < 1.29 is 4.79 Å². The summed E-state index contributed by atoms with van der Waals surface area (Å²) in [6.07, 6.45) is 6.51. The van der Waals surface area contributed by atoms with Gasteiger partial charge in [-0.15, -0.1) is 0 Å². The number of aromatic nitrogens is 3. The Kier molecular flexibility index (Phi) is 8.41. The molecule has 8 nitrogen and oxygen atoms in total. The Morgan fingerprint density at radius 1 is 1.11 bits per heavy atom. The molecule has 1 saturated carbocycles. The molecule has 8 heteroatoms. The minimum atomic E-state index is -0.187. The molecule has 1 aliphatic carbocycles. The number of pyridine rings is 1. The molecule has 204 valence electrons. The van der Waals surface area contributed by atoms with Gasteiger partial charge in [-0.3, -0.25) is 14.3 Å². The highest BCUT2D eigenvalue weighted by Gasteiger charge is 2.28. The van der Waals surface area contributed by atoms with Gasteiger partial charge in [0, 0.05) is 66.5 Å². The second-order valence-corrected chi connectivity index (χ2v) is 10.9. The fraction of sp³-hybridized carbons (Fsp3) is 0.500. The van der Waals surface area contributed by atoms with Crippen LogP contribution in [0.3, 0.4) is 0 Å². The van der Waals surface area contributed by atoms with Crippen LogP contribution in [0, 0.1) is 20.8 Å². The van der Waals surface area contributed by atoms with Gasteiger partial charge in [0.15, 0.2) is 0 Å². The van der Waals surface area contributed by atoms with Crippen LogP contribution in [0.5, 0.6) is 0 Å². The Morgan fingerprint density at radius 3 is 2.37 bits per heavy atom. The third-order valence-corrected chi connectivity index (χ3v) is 8.04. The van der Waals surface area contributed by atoms with E-state index in [1.807, 2.05) is 52.2 Å². The van der Waals surface area contributed by atoms with Crippen molar-refractivity contribution in [2.45, 2.75) is 72.0 Å². The van der Waals surface area contributed by atoms with Gasteiger partial charge in [0.25, 0.3) is 11.5 Å². The van der Waals surface area contributed by atoms with Crippen LogP contribution in [-0.4, -0.2) is 58.3 Å². The number of aryl methyl sites for hydroxylation is 3. The van der Waals surface area contributed by atoms with E-state index in [1.54, 1.807) is 4.68 Å². The van der Waals surface area contributed by atoms with Crippen molar-refractivity contribution in [3.63, 3.8) is 0 Å². The van der Waals surface area contributed by atoms with Gasteiger partial charge in [0.05, 0.1) is 5.69 Å². The summed E-state index contributed by atoms with van der Waals surface area (Å²) in [4.78, 5) is 33.8. The molecule has 2 aromatic heterocycles. The lowest BCUT2D eigenvalue weighted by atomic mass is 9.88. The molecule has 3 aromatic rings. The first kappa shape index (κ1) is 27.6. The third kappa shape index (κ3) is 5.85. The number of nitrogens with one attached hydrogen (secondary N) is 2. The summed E-state index contributed by atoms with van der Waals surface area (Å²) >= 11 is 0. The number of amides is 1. The van der Waals surface area contributed by atoms with Gasteiger partial charge in [-0.05, 0) is 103 Å². The van der Waals surface area contributed by atoms with Crippen molar-refractivity contribution in [3.8, 4) is 11.3 Å². The number of hydrogen-bond donors (Lipinski definition) is 2. The summed E-state index contributed by atoms with van der Waals surface area (Å²) < 4.78 is 1.78. The zero-order chi connectivity index (χ0) is 27.6. The Hall–Kier alpha value is -3.39. The Bertz CT molecular complexity index is 1350. The van der Waals surface area contributed by atoms with Gasteiger partial charge in [-0.25, -0.2) is 0 Å². The number of rotatable bonds is 8. The van der Waals surface area contributed by atoms with Crippen LogP contribution in [0.4, 0.5) is 5.69 Å². The average molecular weight is 519 g/mol. The van der Waals surface area contributed by atoms with E-state index in [-0.39, 0.29) is 18.0 Å². The van der Waals surface area contributed by atoms with Crippen molar-refractivity contribution in [3.05, 3.63) is 68.8 Å². The van der Waals surface area contributed by atoms with Crippen LogP contribution in [0.15, 0.2) is 35.3 Å². The fourth-order valence-corrected chi connectivity index (χ4v) is 5.83. The second-order valence-electron chi connectivity index (χ2n) is 10.9. The van der Waals surface area contributed by atoms with Crippen molar-refractivity contribution in [2.75, 3.05) is 25.5 Å². The predicted octanol–water partition coefficient (Wildman–Crippen LogP) is 4.33. The van der Waals surface area contributed by atoms with E-state index in [1.165, 1.54) is 12.8 Å². The average Bonchev–Trinajstić information content (AvgIpc) is 3.31. The maximum atomic E-state index is 13.6. The number of carbonyl (C=O) groups excluding carboxylic acids is 1. The Balaban J connectivity index is 1.68. The molecule has 1 amide bonds. The van der Waals surface area contributed by atoms with Crippen LogP contribution >= 0.6 is 0 Å². The largest absolute Gasteiger partial charge is 0.369 e. The molecule has 1 aromatic carbocycles. The number of H-pyrrole nitrogens is 1. The number of aromatic amines is 1. The predicted molar refractivity (Wildman–Crippen MR) is 154 cm³/mol. The van der Waals surface area contributed by atoms with E-state index in [0.29, 0.717) is 23.2 Å². The molecule has 0 spiro atoms. The van der Waals surface area contributed by atoms with Gasteiger partial charge in [-0.2, -0.15) is 5.10 Å². The van der Waals surface area contributed by atoms with Gasteiger partial charge >= 0.3 is 0 Å². The fourth-order valence-electron chi connectivity index (χ4n) is 5.83. The number of carbonyl (C=O) groups is 1. The number of benzene rings is 1. The first-order valence-electron chi connectivity index (χ1n) is 13.6. The molecular formula is C30H42N6O2. The molecule has 0 unspecified atom stereocenters. The monoisotopic (exact) mass is 518 g/mol. The smallest absolute Gasteiger partial charge is 0.253 e. The van der Waals surface area contributed by atoms with E-state index in [4.69, 9.17) is 0 Å². The van der Waals surface area contributed by atoms with Crippen molar-refractivity contribution in [1.82, 2.24) is 25.0 Å². The van der Waals surface area contributed by atoms with Gasteiger partial charge in [-0.1, -0.05) is 0 Å². The third-order valence-electron chi connectivity index (χ3n) is 8.04. The molecular weight excluding hydrogens is 476 g/mol. The first-order chi connectivity index (χ1) is 18.1. The van der Waals surface area contributed by atoms with E-state index < -0.39 is 0 Å². The lowest BCUT2D eigenvalue weighted by Crippen LogP contribution is -2.42. The van der Waals surface area contributed by atoms with Gasteiger partial charge in [0.1, 0.15) is 0 Å². The van der Waals surface area contributed by atoms with Crippen molar-refractivity contribution in [2.24, 2.45) is 7.05 Å². The summed E-state index contributed by atoms with van der Waals surface area (Å²) in [5, 5.41) is 7.63. The minimum absolute atomic E-state index is 0.159. The normalized spacial score (nSPS) is 17.6. The van der Waals surface area contributed by atoms with Crippen LogP contribution in [0.25, 0.3) is 11.3 Å². The van der Waals surface area contributed by atoms with Crippen LogP contribution in [-0.2, 0) is 13.6 Å². The number of nitrogens with zero attached hydrogens (tertiary/aromatic N) is 4. The highest BCUT2D eigenvalue weighted by atomic mass is 16.1. The molecule has 0 aliphatic heterocycles. The SMILES string of the molecule is CCN(c1cc(-c2ccn(C)n2)cc(C(=O)NCc2c(C)cc(C)[nH]c2=O)c1C)C1CCC(N(C)C)CC1. The second kappa shape index (κ2) is 11.6. The summed E-state index contributed by atoms with van der Waals surface area (Å²) in [6.45, 7) is 9.02. The Morgan fingerprint density at radius 2 is 1.79 bits per heavy atom. The minimum Gasteiger partial charge on any atom is -0.369 e. The molecule has 2 N–H and O–H groups in total. The molecule has 4 rings (SSSR count). The van der Waals surface area contributed by atoms with Crippen molar-refractivity contribution >= 4 is 11.6 Å². The maximum absolute atomic E-state index is 13.6. The lowest BCUT2D eigenvalue weighted by Gasteiger charge is -2.40. The number of anilines is 1. The zero-order valence-electron chi connectivity index (χ0n) is 23.9. The van der Waals surface area contributed by atoms with Crippen molar-refractivity contribution in [1.29, 1.82) is 0 Å². The zero-order valence-corrected chi connectivity index (χ0v) is 23.9. The van der Waals surface area contributed by atoms with E-state index in [9.17, 15) is 9.59 Å². The van der Waals surface area contributed by atoms with Crippen LogP contribution < -0.4 is 15.8 Å². The van der Waals surface area contributed by atoms with Crippen LogP contribution in [0.2, 0.25) is 0 Å². The lowest BCUT2D eigenvalue weighted by molar-refractivity contribution is 0.0950. The summed E-state index contributed by atoms with van der Waals surface area (Å²) in [5.41, 5.74) is 6.50. The van der Waals surface area contributed by atoms with Gasteiger partial charge < -0.3 is 20.1 Å². The van der Waals surface area contributed by atoms with Crippen LogP contribution in [0.1, 0.15) is 65.3 Å². The molecule has 1 fully saturated rings. The molecule has 1 aliphatic rings. The first-order valence-corrected chi connectivity index (χ1v) is 13.6. The topological polar surface area (TPSA) is 86.3 Å². The summed E-state index contributed by atoms with van der Waals surface area (Å²) in [5.74, 6) is -0.187. The Labute approximate surface area is 226 Å². The van der Waals surface area contributed by atoms with E-state index in [0.717, 1.165) is 53.2 Å². The number of hydrogen-bond acceptors (Lipinski definition) is 5.